The summed E-state index contributed by atoms with van der Waals surface area (Å²) in [6, 6.07) is 12.1. The van der Waals surface area contributed by atoms with Gasteiger partial charge >= 0.3 is 7.12 Å². The quantitative estimate of drug-likeness (QED) is 0.653. The summed E-state index contributed by atoms with van der Waals surface area (Å²) in [4.78, 5) is 0. The standard InChI is InChI=1S/C21H23BF2O2/c1-14-6-9-16(10-7-14)17-12-15(8-11-18(17)23)13-19(24)22-25-20(2,3)21(4,5)26-22/h6-13H,1-5H3. The molecule has 3 rings (SSSR count). The van der Waals surface area contributed by atoms with E-state index < -0.39 is 24.0 Å². The second kappa shape index (κ2) is 6.64. The molecule has 1 saturated heterocycles. The Balaban J connectivity index is 1.90. The van der Waals surface area contributed by atoms with Crippen molar-refractivity contribution in [3.05, 3.63) is 65.1 Å². The molecule has 5 heteroatoms. The van der Waals surface area contributed by atoms with Gasteiger partial charge in [-0.2, -0.15) is 0 Å². The van der Waals surface area contributed by atoms with E-state index in [1.165, 1.54) is 18.2 Å². The molecule has 0 saturated carbocycles. The molecule has 0 aromatic heterocycles. The molecule has 0 N–H and O–H groups in total. The third kappa shape index (κ3) is 3.60. The van der Waals surface area contributed by atoms with Gasteiger partial charge in [-0.1, -0.05) is 35.9 Å². The van der Waals surface area contributed by atoms with Crippen LogP contribution >= 0.6 is 0 Å². The smallest absolute Gasteiger partial charge is 0.398 e. The molecule has 26 heavy (non-hydrogen) atoms. The summed E-state index contributed by atoms with van der Waals surface area (Å²) in [5, 5.41) is 0. The van der Waals surface area contributed by atoms with Crippen molar-refractivity contribution in [1.82, 2.24) is 0 Å². The van der Waals surface area contributed by atoms with Crippen LogP contribution in [0.1, 0.15) is 38.8 Å². The van der Waals surface area contributed by atoms with Gasteiger partial charge in [-0.3, -0.25) is 0 Å². The van der Waals surface area contributed by atoms with Crippen LogP contribution in [0.15, 0.2) is 48.2 Å². The molecule has 1 aliphatic rings. The molecule has 0 bridgehead atoms. The van der Waals surface area contributed by atoms with Crippen molar-refractivity contribution in [2.24, 2.45) is 0 Å². The zero-order chi connectivity index (χ0) is 19.1. The lowest BCUT2D eigenvalue weighted by Crippen LogP contribution is -2.41. The molecule has 136 valence electrons. The number of benzene rings is 2. The topological polar surface area (TPSA) is 18.5 Å². The van der Waals surface area contributed by atoms with Gasteiger partial charge in [-0.15, -0.1) is 0 Å². The summed E-state index contributed by atoms with van der Waals surface area (Å²) in [5.41, 5.74) is 1.06. The maximum Gasteiger partial charge on any atom is 0.525 e. The van der Waals surface area contributed by atoms with Crippen LogP contribution in [0.25, 0.3) is 17.2 Å². The minimum Gasteiger partial charge on any atom is -0.398 e. The lowest BCUT2D eigenvalue weighted by Gasteiger charge is -2.32. The van der Waals surface area contributed by atoms with Gasteiger partial charge in [0.15, 0.2) is 0 Å². The van der Waals surface area contributed by atoms with E-state index >= 15 is 0 Å². The van der Waals surface area contributed by atoms with Crippen molar-refractivity contribution in [2.75, 3.05) is 0 Å². The van der Waals surface area contributed by atoms with E-state index in [0.29, 0.717) is 11.1 Å². The highest BCUT2D eigenvalue weighted by Crippen LogP contribution is 2.39. The van der Waals surface area contributed by atoms with Crippen LogP contribution in [0.4, 0.5) is 8.78 Å². The highest BCUT2D eigenvalue weighted by Gasteiger charge is 2.53. The molecule has 0 spiro atoms. The fourth-order valence-corrected chi connectivity index (χ4v) is 2.77. The lowest BCUT2D eigenvalue weighted by molar-refractivity contribution is 0.00578. The Labute approximate surface area is 154 Å². The number of hydrogen-bond acceptors (Lipinski definition) is 2. The van der Waals surface area contributed by atoms with Crippen LogP contribution < -0.4 is 0 Å². The normalized spacial score (nSPS) is 19.0. The first-order valence-corrected chi connectivity index (χ1v) is 8.68. The van der Waals surface area contributed by atoms with E-state index in [-0.39, 0.29) is 5.82 Å². The average Bonchev–Trinajstić information content (AvgIpc) is 2.78. The third-order valence-electron chi connectivity index (χ3n) is 5.14. The van der Waals surface area contributed by atoms with Gasteiger partial charge in [-0.25, -0.2) is 8.78 Å². The van der Waals surface area contributed by atoms with E-state index in [2.05, 4.69) is 0 Å². The maximum absolute atomic E-state index is 14.7. The second-order valence-electron chi connectivity index (χ2n) is 7.72. The van der Waals surface area contributed by atoms with Crippen molar-refractivity contribution >= 4 is 13.2 Å². The zero-order valence-corrected chi connectivity index (χ0v) is 15.8. The van der Waals surface area contributed by atoms with Crippen molar-refractivity contribution in [3.63, 3.8) is 0 Å². The van der Waals surface area contributed by atoms with Crippen LogP contribution in [0, 0.1) is 12.7 Å². The van der Waals surface area contributed by atoms with Crippen molar-refractivity contribution < 1.29 is 18.1 Å². The third-order valence-corrected chi connectivity index (χ3v) is 5.14. The molecular formula is C21H23BF2O2. The minimum absolute atomic E-state index is 0.345. The molecule has 2 nitrogen and oxygen atoms in total. The van der Waals surface area contributed by atoms with Crippen LogP contribution in [0.2, 0.25) is 0 Å². The van der Waals surface area contributed by atoms with Crippen LogP contribution in [0.3, 0.4) is 0 Å². The van der Waals surface area contributed by atoms with Crippen molar-refractivity contribution in [3.8, 4) is 11.1 Å². The van der Waals surface area contributed by atoms with Gasteiger partial charge < -0.3 is 9.31 Å². The molecule has 1 heterocycles. The zero-order valence-electron chi connectivity index (χ0n) is 15.8. The maximum atomic E-state index is 14.7. The SMILES string of the molecule is Cc1ccc(-c2cc(C=C(F)B3OC(C)(C)C(C)(C)O3)ccc2F)cc1. The molecule has 1 aliphatic heterocycles. The number of aryl methyl sites for hydroxylation is 1. The summed E-state index contributed by atoms with van der Waals surface area (Å²) >= 11 is 0. The van der Waals surface area contributed by atoms with E-state index in [1.54, 1.807) is 6.07 Å². The first kappa shape index (κ1) is 18.8. The summed E-state index contributed by atoms with van der Waals surface area (Å²) in [6.45, 7) is 9.45. The number of halogens is 2. The summed E-state index contributed by atoms with van der Waals surface area (Å²) in [7, 11) is -1.06. The first-order chi connectivity index (χ1) is 12.1. The Morgan fingerprint density at radius 3 is 2.12 bits per heavy atom. The molecule has 1 fully saturated rings. The first-order valence-electron chi connectivity index (χ1n) is 8.68. The number of hydrogen-bond donors (Lipinski definition) is 0. The van der Waals surface area contributed by atoms with E-state index in [1.807, 2.05) is 58.9 Å². The van der Waals surface area contributed by atoms with Gasteiger partial charge in [-0.05, 0) is 64.0 Å². The Morgan fingerprint density at radius 2 is 1.54 bits per heavy atom. The Morgan fingerprint density at radius 1 is 0.962 bits per heavy atom. The molecule has 0 radical (unpaired) electrons. The molecule has 2 aromatic carbocycles. The van der Waals surface area contributed by atoms with Crippen LogP contribution in [0.5, 0.6) is 0 Å². The largest absolute Gasteiger partial charge is 0.525 e. The Bertz CT molecular complexity index is 826. The minimum atomic E-state index is -1.06. The van der Waals surface area contributed by atoms with Gasteiger partial charge in [0.05, 0.1) is 11.2 Å². The monoisotopic (exact) mass is 356 g/mol. The molecule has 0 amide bonds. The summed E-state index contributed by atoms with van der Waals surface area (Å²) in [6.07, 6.45) is 1.33. The van der Waals surface area contributed by atoms with Gasteiger partial charge in [0.2, 0.25) is 0 Å². The van der Waals surface area contributed by atoms with Gasteiger partial charge in [0.25, 0.3) is 0 Å². The van der Waals surface area contributed by atoms with Crippen molar-refractivity contribution in [1.29, 1.82) is 0 Å². The summed E-state index contributed by atoms with van der Waals surface area (Å²) in [5.74, 6) is -0.345. The molecule has 2 aromatic rings. The predicted molar refractivity (Wildman–Crippen MR) is 102 cm³/mol. The Hall–Kier alpha value is -1.98. The fraction of sp³-hybridized carbons (Fsp3) is 0.333. The second-order valence-corrected chi connectivity index (χ2v) is 7.72. The highest BCUT2D eigenvalue weighted by molar-refractivity contribution is 6.54. The van der Waals surface area contributed by atoms with Crippen LogP contribution in [-0.4, -0.2) is 18.3 Å². The van der Waals surface area contributed by atoms with Crippen LogP contribution in [-0.2, 0) is 9.31 Å². The van der Waals surface area contributed by atoms with Gasteiger partial charge in [0.1, 0.15) is 11.5 Å². The van der Waals surface area contributed by atoms with E-state index in [4.69, 9.17) is 9.31 Å². The van der Waals surface area contributed by atoms with Crippen molar-refractivity contribution in [2.45, 2.75) is 45.8 Å². The number of rotatable bonds is 3. The molecular weight excluding hydrogens is 333 g/mol. The van der Waals surface area contributed by atoms with E-state index in [9.17, 15) is 8.78 Å². The molecule has 0 atom stereocenters. The summed E-state index contributed by atoms with van der Waals surface area (Å²) < 4.78 is 40.3. The van der Waals surface area contributed by atoms with Gasteiger partial charge in [0, 0.05) is 5.56 Å². The Kier molecular flexibility index (Phi) is 4.80. The lowest BCUT2D eigenvalue weighted by atomic mass is 9.86. The fourth-order valence-electron chi connectivity index (χ4n) is 2.77. The average molecular weight is 356 g/mol. The highest BCUT2D eigenvalue weighted by atomic mass is 19.1. The molecule has 0 aliphatic carbocycles. The predicted octanol–water partition coefficient (Wildman–Crippen LogP) is 5.74. The van der Waals surface area contributed by atoms with E-state index in [0.717, 1.165) is 11.1 Å². The molecule has 0 unspecified atom stereocenters.